The summed E-state index contributed by atoms with van der Waals surface area (Å²) in [5.74, 6) is -1.55. The van der Waals surface area contributed by atoms with Gasteiger partial charge < -0.3 is 10.1 Å². The largest absolute Gasteiger partial charge is 0.454 e. The third kappa shape index (κ3) is 5.29. The van der Waals surface area contributed by atoms with Gasteiger partial charge in [-0.25, -0.2) is 9.69 Å². The van der Waals surface area contributed by atoms with E-state index in [1.54, 1.807) is 12.1 Å². The average molecular weight is 437 g/mol. The Morgan fingerprint density at radius 2 is 1.62 bits per heavy atom. The van der Waals surface area contributed by atoms with Crippen LogP contribution < -0.4 is 10.2 Å². The van der Waals surface area contributed by atoms with Gasteiger partial charge in [-0.3, -0.25) is 14.4 Å². The highest BCUT2D eigenvalue weighted by Crippen LogP contribution is 2.25. The van der Waals surface area contributed by atoms with E-state index >= 15 is 0 Å². The number of nitrogens with one attached hydrogen (secondary N) is 1. The Hall–Kier alpha value is -3.32. The van der Waals surface area contributed by atoms with Crippen LogP contribution in [0.2, 0.25) is 0 Å². The minimum absolute atomic E-state index is 0.0905. The number of hydrogen-bond donors (Lipinski definition) is 1. The Morgan fingerprint density at radius 1 is 1.03 bits per heavy atom. The van der Waals surface area contributed by atoms with E-state index in [0.717, 1.165) is 16.9 Å². The predicted molar refractivity (Wildman–Crippen MR) is 121 cm³/mol. The maximum Gasteiger partial charge on any atom is 0.338 e. The zero-order valence-electron chi connectivity index (χ0n) is 18.8. The number of esters is 1. The summed E-state index contributed by atoms with van der Waals surface area (Å²) < 4.78 is 5.12. The molecule has 1 saturated heterocycles. The van der Waals surface area contributed by atoms with Crippen molar-refractivity contribution in [3.8, 4) is 0 Å². The highest BCUT2D eigenvalue weighted by atomic mass is 16.5. The number of carbonyl (C=O) groups excluding carboxylic acids is 4. The Balaban J connectivity index is 1.62. The molecule has 2 amide bonds. The van der Waals surface area contributed by atoms with Crippen molar-refractivity contribution in [3.63, 3.8) is 0 Å². The molecule has 0 saturated carbocycles. The number of nitrogens with zero attached hydrogens (tertiary/aromatic N) is 1. The molecule has 1 atom stereocenters. The molecule has 0 aliphatic carbocycles. The normalized spacial score (nSPS) is 16.4. The van der Waals surface area contributed by atoms with Gasteiger partial charge in [0.1, 0.15) is 0 Å². The summed E-state index contributed by atoms with van der Waals surface area (Å²) in [5.41, 5.74) is 1.86. The van der Waals surface area contributed by atoms with Gasteiger partial charge in [0, 0.05) is 11.1 Å². The maximum atomic E-state index is 12.8. The second-order valence-electron chi connectivity index (χ2n) is 8.62. The van der Waals surface area contributed by atoms with Gasteiger partial charge in [0.15, 0.2) is 12.4 Å². The molecule has 2 aromatic carbocycles. The van der Waals surface area contributed by atoms with Crippen molar-refractivity contribution in [1.82, 2.24) is 5.32 Å². The van der Waals surface area contributed by atoms with Gasteiger partial charge in [0.25, 0.3) is 5.91 Å². The molecule has 1 aliphatic rings. The van der Waals surface area contributed by atoms with Crippen molar-refractivity contribution in [2.75, 3.05) is 11.5 Å². The number of imide groups is 1. The molecule has 0 radical (unpaired) electrons. The molecule has 1 fully saturated rings. The molecular weight excluding hydrogens is 408 g/mol. The highest BCUT2D eigenvalue weighted by Gasteiger charge is 2.41. The molecule has 168 valence electrons. The summed E-state index contributed by atoms with van der Waals surface area (Å²) in [6, 6.07) is 12.5. The van der Waals surface area contributed by atoms with Gasteiger partial charge in [-0.2, -0.15) is 0 Å². The van der Waals surface area contributed by atoms with E-state index in [1.807, 2.05) is 39.8 Å². The second-order valence-corrected chi connectivity index (χ2v) is 8.62. The van der Waals surface area contributed by atoms with E-state index in [0.29, 0.717) is 11.3 Å². The van der Waals surface area contributed by atoms with Crippen LogP contribution in [-0.4, -0.2) is 41.8 Å². The first-order valence-electron chi connectivity index (χ1n) is 10.6. The molecule has 7 heteroatoms. The fraction of sp³-hybridized carbons (Fsp3) is 0.360. The van der Waals surface area contributed by atoms with Gasteiger partial charge in [-0.1, -0.05) is 36.8 Å². The van der Waals surface area contributed by atoms with Gasteiger partial charge in [-0.15, -0.1) is 0 Å². The minimum Gasteiger partial charge on any atom is -0.454 e. The lowest BCUT2D eigenvalue weighted by Crippen LogP contribution is -2.49. The third-order valence-corrected chi connectivity index (χ3v) is 5.66. The van der Waals surface area contributed by atoms with Crippen LogP contribution >= 0.6 is 0 Å². The Kier molecular flexibility index (Phi) is 6.89. The molecule has 0 bridgehead atoms. The number of Topliss-reactive ketones (excluding diaryl/α,β-unsaturated/α-hetero) is 1. The molecule has 1 heterocycles. The van der Waals surface area contributed by atoms with Crippen molar-refractivity contribution >= 4 is 29.3 Å². The van der Waals surface area contributed by atoms with Crippen molar-refractivity contribution in [2.24, 2.45) is 0 Å². The fourth-order valence-corrected chi connectivity index (χ4v) is 3.37. The Bertz CT molecular complexity index is 1030. The topological polar surface area (TPSA) is 92.8 Å². The molecule has 1 unspecified atom stereocenters. The average Bonchev–Trinajstić information content (AvgIpc) is 3.04. The summed E-state index contributed by atoms with van der Waals surface area (Å²) >= 11 is 0. The first kappa shape index (κ1) is 23.3. The zero-order chi connectivity index (χ0) is 23.5. The van der Waals surface area contributed by atoms with Gasteiger partial charge in [-0.05, 0) is 51.5 Å². The summed E-state index contributed by atoms with van der Waals surface area (Å²) in [6.45, 7) is 7.53. The van der Waals surface area contributed by atoms with E-state index in [2.05, 4.69) is 5.32 Å². The number of amides is 2. The van der Waals surface area contributed by atoms with Gasteiger partial charge in [0.2, 0.25) is 5.91 Å². The van der Waals surface area contributed by atoms with Crippen LogP contribution in [0.25, 0.3) is 0 Å². The van der Waals surface area contributed by atoms with Crippen LogP contribution in [-0.2, 0) is 14.3 Å². The molecule has 3 rings (SSSR count). The van der Waals surface area contributed by atoms with Crippen molar-refractivity contribution in [1.29, 1.82) is 0 Å². The van der Waals surface area contributed by atoms with Crippen LogP contribution in [0.5, 0.6) is 0 Å². The third-order valence-electron chi connectivity index (χ3n) is 5.66. The number of hydrogen-bond acceptors (Lipinski definition) is 6. The summed E-state index contributed by atoms with van der Waals surface area (Å²) in [4.78, 5) is 50.9. The standard InChI is InChI=1S/C25H28N2O5/c1-5-25(3,4)26-20-14-22(29)27(23(20)30)19-12-10-18(11-13-19)24(31)32-15-21(28)17-8-6-16(2)7-9-17/h6-13,20,26H,5,14-15H2,1-4H3. The lowest BCUT2D eigenvalue weighted by atomic mass is 10.00. The smallest absolute Gasteiger partial charge is 0.338 e. The van der Waals surface area contributed by atoms with Crippen LogP contribution in [0, 0.1) is 6.92 Å². The molecule has 32 heavy (non-hydrogen) atoms. The van der Waals surface area contributed by atoms with Crippen molar-refractivity contribution < 1.29 is 23.9 Å². The molecule has 0 spiro atoms. The van der Waals surface area contributed by atoms with Crippen LogP contribution in [0.15, 0.2) is 48.5 Å². The molecule has 0 aromatic heterocycles. The van der Waals surface area contributed by atoms with Crippen molar-refractivity contribution in [2.45, 2.75) is 52.1 Å². The first-order valence-corrected chi connectivity index (χ1v) is 10.6. The Morgan fingerprint density at radius 3 is 2.22 bits per heavy atom. The minimum atomic E-state index is -0.652. The monoisotopic (exact) mass is 436 g/mol. The number of ether oxygens (including phenoxy) is 1. The van der Waals surface area contributed by atoms with Crippen LogP contribution in [0.3, 0.4) is 0 Å². The molecule has 1 N–H and O–H groups in total. The van der Waals surface area contributed by atoms with Crippen molar-refractivity contribution in [3.05, 3.63) is 65.2 Å². The number of rotatable bonds is 8. The zero-order valence-corrected chi connectivity index (χ0v) is 18.8. The van der Waals surface area contributed by atoms with E-state index in [9.17, 15) is 19.2 Å². The maximum absolute atomic E-state index is 12.8. The predicted octanol–water partition coefficient (Wildman–Crippen LogP) is 3.44. The summed E-state index contributed by atoms with van der Waals surface area (Å²) in [7, 11) is 0. The van der Waals surface area contributed by atoms with E-state index in [4.69, 9.17) is 4.74 Å². The molecule has 1 aliphatic heterocycles. The molecular formula is C25H28N2O5. The van der Waals surface area contributed by atoms with E-state index in [1.165, 1.54) is 24.3 Å². The SMILES string of the molecule is CCC(C)(C)NC1CC(=O)N(c2ccc(C(=O)OCC(=O)c3ccc(C)cc3)cc2)C1=O. The van der Waals surface area contributed by atoms with Crippen LogP contribution in [0.4, 0.5) is 5.69 Å². The number of benzene rings is 2. The van der Waals surface area contributed by atoms with Gasteiger partial charge >= 0.3 is 5.97 Å². The molecule has 7 nitrogen and oxygen atoms in total. The second kappa shape index (κ2) is 9.44. The van der Waals surface area contributed by atoms with Gasteiger partial charge in [0.05, 0.1) is 23.7 Å². The number of anilines is 1. The Labute approximate surface area is 187 Å². The highest BCUT2D eigenvalue weighted by molar-refractivity contribution is 6.22. The van der Waals surface area contributed by atoms with E-state index < -0.39 is 12.0 Å². The number of carbonyl (C=O) groups is 4. The molecule has 2 aromatic rings. The quantitative estimate of drug-likeness (QED) is 0.387. The number of ketones is 1. The van der Waals surface area contributed by atoms with E-state index in [-0.39, 0.29) is 41.7 Å². The summed E-state index contributed by atoms with van der Waals surface area (Å²) in [6.07, 6.45) is 0.904. The van der Waals surface area contributed by atoms with Crippen LogP contribution in [0.1, 0.15) is 59.9 Å². The first-order chi connectivity index (χ1) is 15.1. The lowest BCUT2D eigenvalue weighted by molar-refractivity contribution is -0.121. The fourth-order valence-electron chi connectivity index (χ4n) is 3.37. The number of aryl methyl sites for hydroxylation is 1. The summed E-state index contributed by atoms with van der Waals surface area (Å²) in [5, 5.41) is 3.24. The lowest BCUT2D eigenvalue weighted by Gasteiger charge is -2.27.